The first-order valence-corrected chi connectivity index (χ1v) is 11.1. The zero-order valence-electron chi connectivity index (χ0n) is 17.8. The van der Waals surface area contributed by atoms with E-state index in [0.717, 1.165) is 38.5 Å². The molecule has 154 valence electrons. The molecule has 4 aliphatic carbocycles. The maximum Gasteiger partial charge on any atom is 0.302 e. The summed E-state index contributed by atoms with van der Waals surface area (Å²) in [6, 6.07) is 0. The first kappa shape index (κ1) is 19.8. The van der Waals surface area contributed by atoms with Crippen LogP contribution in [0.2, 0.25) is 0 Å². The largest absolute Gasteiger partial charge is 0.466 e. The number of ether oxygens (including phenoxy) is 1. The zero-order chi connectivity index (χ0) is 20.3. The maximum atomic E-state index is 12.4. The zero-order valence-corrected chi connectivity index (χ0v) is 17.8. The van der Waals surface area contributed by atoms with Gasteiger partial charge in [-0.2, -0.15) is 0 Å². The molecule has 0 aromatic rings. The van der Waals surface area contributed by atoms with E-state index < -0.39 is 0 Å². The lowest BCUT2D eigenvalue weighted by Crippen LogP contribution is -2.54. The first-order chi connectivity index (χ1) is 13.2. The van der Waals surface area contributed by atoms with Gasteiger partial charge in [-0.25, -0.2) is 0 Å². The van der Waals surface area contributed by atoms with Crippen molar-refractivity contribution in [2.24, 2.45) is 40.4 Å². The van der Waals surface area contributed by atoms with Crippen molar-refractivity contribution in [3.63, 3.8) is 0 Å². The van der Waals surface area contributed by atoms with E-state index in [1.165, 1.54) is 12.5 Å². The highest BCUT2D eigenvalue weighted by molar-refractivity contribution is 5.92. The van der Waals surface area contributed by atoms with Crippen LogP contribution in [0.5, 0.6) is 0 Å². The highest BCUT2D eigenvalue weighted by atomic mass is 16.5. The minimum absolute atomic E-state index is 0.0675. The molecule has 3 fully saturated rings. The molecule has 4 nitrogen and oxygen atoms in total. The Kier molecular flexibility index (Phi) is 4.83. The Morgan fingerprint density at radius 3 is 2.54 bits per heavy atom. The SMILES string of the molecule is CC(=O)OC[C@H]1CC(=O)C=C2CC[C@@H]3[C@H]4CC[C@@H](C(C)=O)[C@@]4(C)CC[C@H]3[C@@]21C. The molecule has 0 unspecified atom stereocenters. The summed E-state index contributed by atoms with van der Waals surface area (Å²) in [5.74, 6) is 2.30. The summed E-state index contributed by atoms with van der Waals surface area (Å²) in [7, 11) is 0. The van der Waals surface area contributed by atoms with Gasteiger partial charge in [0.15, 0.2) is 5.78 Å². The molecule has 0 radical (unpaired) electrons. The number of carbonyl (C=O) groups excluding carboxylic acids is 3. The summed E-state index contributed by atoms with van der Waals surface area (Å²) < 4.78 is 5.42. The fourth-order valence-electron chi connectivity index (χ4n) is 7.88. The van der Waals surface area contributed by atoms with E-state index in [1.54, 1.807) is 6.92 Å². The Hall–Kier alpha value is -1.45. The highest BCUT2D eigenvalue weighted by Gasteiger charge is 2.61. The second-order valence-electron chi connectivity index (χ2n) is 10.3. The summed E-state index contributed by atoms with van der Waals surface area (Å²) in [5, 5.41) is 0. The number of carbonyl (C=O) groups is 3. The lowest BCUT2D eigenvalue weighted by atomic mass is 9.44. The van der Waals surface area contributed by atoms with E-state index in [2.05, 4.69) is 13.8 Å². The second-order valence-corrected chi connectivity index (χ2v) is 10.3. The number of allylic oxidation sites excluding steroid dienone is 1. The monoisotopic (exact) mass is 386 g/mol. The molecule has 3 saturated carbocycles. The average Bonchev–Trinajstić information content (AvgIpc) is 2.97. The fourth-order valence-corrected chi connectivity index (χ4v) is 7.88. The molecule has 0 saturated heterocycles. The number of hydrogen-bond donors (Lipinski definition) is 0. The standard InChI is InChI=1S/C24H34O4/c1-14(25)20-7-8-21-19-6-5-16-11-18(27)12-17(13-28-15(2)26)24(16,4)22(19)9-10-23(20,21)3/h11,17,19-22H,5-10,12-13H2,1-4H3/t17-,19-,20+,21-,22-,23-,24+/m1/s1. The molecule has 0 N–H and O–H groups in total. The Morgan fingerprint density at radius 2 is 1.86 bits per heavy atom. The smallest absolute Gasteiger partial charge is 0.302 e. The van der Waals surface area contributed by atoms with E-state index >= 15 is 0 Å². The molecule has 28 heavy (non-hydrogen) atoms. The van der Waals surface area contributed by atoms with Crippen molar-refractivity contribution >= 4 is 17.5 Å². The number of fused-ring (bicyclic) bond motifs is 5. The molecule has 0 bridgehead atoms. The van der Waals surface area contributed by atoms with Gasteiger partial charge in [-0.05, 0) is 80.1 Å². The predicted octanol–water partition coefficient (Wildman–Crippen LogP) is 4.51. The van der Waals surface area contributed by atoms with Gasteiger partial charge >= 0.3 is 5.97 Å². The van der Waals surface area contributed by atoms with Gasteiger partial charge in [0.2, 0.25) is 0 Å². The molecular weight excluding hydrogens is 352 g/mol. The Labute approximate surface area is 168 Å². The first-order valence-electron chi connectivity index (χ1n) is 11.1. The van der Waals surface area contributed by atoms with Crippen molar-refractivity contribution in [2.75, 3.05) is 6.61 Å². The molecule has 0 heterocycles. The second kappa shape index (κ2) is 6.81. The van der Waals surface area contributed by atoms with E-state index in [-0.39, 0.29) is 34.4 Å². The minimum atomic E-state index is -0.268. The number of rotatable bonds is 3. The van der Waals surface area contributed by atoms with E-state index in [1.807, 2.05) is 6.08 Å². The maximum absolute atomic E-state index is 12.4. The predicted molar refractivity (Wildman–Crippen MR) is 106 cm³/mol. The van der Waals surface area contributed by atoms with E-state index in [9.17, 15) is 14.4 Å². The van der Waals surface area contributed by atoms with Crippen LogP contribution >= 0.6 is 0 Å². The topological polar surface area (TPSA) is 60.4 Å². The Bertz CT molecular complexity index is 737. The Balaban J connectivity index is 1.67. The van der Waals surface area contributed by atoms with Crippen molar-refractivity contribution in [3.05, 3.63) is 11.6 Å². The normalized spacial score (nSPS) is 44.8. The van der Waals surface area contributed by atoms with Gasteiger partial charge in [-0.15, -0.1) is 0 Å². The molecule has 4 heteroatoms. The average molecular weight is 387 g/mol. The lowest BCUT2D eigenvalue weighted by molar-refractivity contribution is -0.148. The summed E-state index contributed by atoms with van der Waals surface area (Å²) in [4.78, 5) is 36.1. The van der Waals surface area contributed by atoms with Gasteiger partial charge in [0, 0.05) is 25.2 Å². The van der Waals surface area contributed by atoms with Gasteiger partial charge in [-0.3, -0.25) is 14.4 Å². The summed E-state index contributed by atoms with van der Waals surface area (Å²) in [5.41, 5.74) is 1.36. The number of esters is 1. The molecule has 0 amide bonds. The van der Waals surface area contributed by atoms with Crippen LogP contribution in [0.3, 0.4) is 0 Å². The van der Waals surface area contributed by atoms with Crippen LogP contribution in [0, 0.1) is 40.4 Å². The third-order valence-electron chi connectivity index (χ3n) is 9.26. The van der Waals surface area contributed by atoms with Gasteiger partial charge in [-0.1, -0.05) is 19.4 Å². The van der Waals surface area contributed by atoms with Crippen LogP contribution in [-0.2, 0) is 19.1 Å². The molecule has 0 aromatic carbocycles. The van der Waals surface area contributed by atoms with Crippen LogP contribution < -0.4 is 0 Å². The molecule has 7 atom stereocenters. The van der Waals surface area contributed by atoms with Gasteiger partial charge < -0.3 is 4.74 Å². The van der Waals surface area contributed by atoms with Crippen LogP contribution in [0.1, 0.15) is 72.6 Å². The van der Waals surface area contributed by atoms with Crippen LogP contribution in [0.25, 0.3) is 0 Å². The number of Topliss-reactive ketones (excluding diaryl/α,β-unsaturated/α-hetero) is 1. The van der Waals surface area contributed by atoms with Crippen molar-refractivity contribution in [2.45, 2.75) is 72.6 Å². The molecule has 4 rings (SSSR count). The summed E-state index contributed by atoms with van der Waals surface area (Å²) in [6.07, 6.45) is 8.89. The summed E-state index contributed by atoms with van der Waals surface area (Å²) in [6.45, 7) is 8.25. The molecule has 0 aliphatic heterocycles. The molecular formula is C24H34O4. The van der Waals surface area contributed by atoms with Gasteiger partial charge in [0.1, 0.15) is 5.78 Å². The number of hydrogen-bond acceptors (Lipinski definition) is 4. The minimum Gasteiger partial charge on any atom is -0.466 e. The quantitative estimate of drug-likeness (QED) is 0.670. The van der Waals surface area contributed by atoms with Gasteiger partial charge in [0.25, 0.3) is 0 Å². The van der Waals surface area contributed by atoms with E-state index in [0.29, 0.717) is 36.6 Å². The van der Waals surface area contributed by atoms with Crippen molar-refractivity contribution in [1.29, 1.82) is 0 Å². The lowest BCUT2D eigenvalue weighted by Gasteiger charge is -2.60. The fraction of sp³-hybridized carbons (Fsp3) is 0.792. The highest BCUT2D eigenvalue weighted by Crippen LogP contribution is 2.67. The number of ketones is 2. The van der Waals surface area contributed by atoms with Crippen LogP contribution in [0.4, 0.5) is 0 Å². The Morgan fingerprint density at radius 1 is 1.11 bits per heavy atom. The van der Waals surface area contributed by atoms with Crippen LogP contribution in [-0.4, -0.2) is 24.1 Å². The third kappa shape index (κ3) is 2.81. The third-order valence-corrected chi connectivity index (χ3v) is 9.26. The van der Waals surface area contributed by atoms with Crippen molar-refractivity contribution in [3.8, 4) is 0 Å². The molecule has 4 aliphatic rings. The van der Waals surface area contributed by atoms with Crippen molar-refractivity contribution in [1.82, 2.24) is 0 Å². The van der Waals surface area contributed by atoms with E-state index in [4.69, 9.17) is 4.74 Å². The van der Waals surface area contributed by atoms with Crippen molar-refractivity contribution < 1.29 is 19.1 Å². The molecule has 0 spiro atoms. The molecule has 0 aromatic heterocycles. The van der Waals surface area contributed by atoms with Gasteiger partial charge in [0.05, 0.1) is 6.61 Å². The summed E-state index contributed by atoms with van der Waals surface area (Å²) >= 11 is 0. The van der Waals surface area contributed by atoms with Crippen LogP contribution in [0.15, 0.2) is 11.6 Å².